The number of hydrogen-bond acceptors (Lipinski definition) is 5. The lowest BCUT2D eigenvalue weighted by Gasteiger charge is -2.42. The maximum absolute atomic E-state index is 13.3. The Morgan fingerprint density at radius 3 is 2.41 bits per heavy atom. The van der Waals surface area contributed by atoms with Crippen molar-refractivity contribution in [2.24, 2.45) is 0 Å². The number of halogens is 3. The number of rotatable bonds is 3. The van der Waals surface area contributed by atoms with Crippen LogP contribution in [0.4, 0.5) is 24.5 Å². The molecule has 1 heterocycles. The summed E-state index contributed by atoms with van der Waals surface area (Å²) in [4.78, 5) is 12.3. The van der Waals surface area contributed by atoms with Gasteiger partial charge in [0.15, 0.2) is 17.5 Å². The third-order valence-corrected chi connectivity index (χ3v) is 6.93. The predicted octanol–water partition coefficient (Wildman–Crippen LogP) is 2.25. The van der Waals surface area contributed by atoms with Crippen LogP contribution in [0.3, 0.4) is 0 Å². The quantitative estimate of drug-likeness (QED) is 0.653. The van der Waals surface area contributed by atoms with Crippen molar-refractivity contribution in [1.29, 1.82) is 0 Å². The molecule has 1 amide bonds. The fourth-order valence-electron chi connectivity index (χ4n) is 3.35. The minimum absolute atomic E-state index is 0.0480. The van der Waals surface area contributed by atoms with E-state index in [0.29, 0.717) is 30.7 Å². The van der Waals surface area contributed by atoms with Crippen molar-refractivity contribution in [3.63, 3.8) is 0 Å². The zero-order valence-corrected chi connectivity index (χ0v) is 15.6. The summed E-state index contributed by atoms with van der Waals surface area (Å²) in [6, 6.07) is 4.84. The zero-order valence-electron chi connectivity index (χ0n) is 14.8. The molecule has 11 heteroatoms. The third kappa shape index (κ3) is 3.45. The van der Waals surface area contributed by atoms with Crippen molar-refractivity contribution in [3.05, 3.63) is 53.3 Å². The van der Waals surface area contributed by atoms with Gasteiger partial charge in [0.1, 0.15) is 4.90 Å². The summed E-state index contributed by atoms with van der Waals surface area (Å²) in [7, 11) is -3.90. The average Bonchev–Trinajstić information content (AvgIpc) is 2.64. The van der Waals surface area contributed by atoms with Gasteiger partial charge in [-0.25, -0.2) is 21.6 Å². The topological polar surface area (TPSA) is 98.7 Å². The fraction of sp³-hybridized carbons (Fsp3) is 0.278. The van der Waals surface area contributed by atoms with E-state index >= 15 is 0 Å². The number of nitrogens with zero attached hydrogens (tertiary/aromatic N) is 1. The standard InChI is InChI=1S/C18H16F3N3O4S/c19-13-4-10(5-14(20)17(13)21)23-18(26)9-1-2-15-16(3-9)29(27,28)24(8-22-15)11-6-12(25)7-11/h1-5,11-12,22,25H,6-8H2,(H,23,26). The van der Waals surface area contributed by atoms with E-state index in [0.717, 1.165) is 6.07 Å². The minimum Gasteiger partial charge on any atom is -0.393 e. The number of aliphatic hydroxyl groups excluding tert-OH is 1. The summed E-state index contributed by atoms with van der Waals surface area (Å²) in [5.74, 6) is -5.40. The zero-order chi connectivity index (χ0) is 20.9. The Labute approximate surface area is 164 Å². The summed E-state index contributed by atoms with van der Waals surface area (Å²) < 4.78 is 66.8. The van der Waals surface area contributed by atoms with Gasteiger partial charge in [-0.2, -0.15) is 4.31 Å². The van der Waals surface area contributed by atoms with E-state index in [1.54, 1.807) is 0 Å². The molecule has 2 aromatic rings. The number of sulfonamides is 1. The first-order valence-corrected chi connectivity index (χ1v) is 10.1. The molecular weight excluding hydrogens is 411 g/mol. The molecule has 0 bridgehead atoms. The number of benzene rings is 2. The lowest BCUT2D eigenvalue weighted by atomic mass is 9.90. The molecule has 0 spiro atoms. The van der Waals surface area contributed by atoms with Crippen molar-refractivity contribution < 1.29 is 31.5 Å². The number of carbonyl (C=O) groups excluding carboxylic acids is 1. The molecule has 0 atom stereocenters. The van der Waals surface area contributed by atoms with Gasteiger partial charge < -0.3 is 15.7 Å². The molecule has 3 N–H and O–H groups in total. The molecule has 1 aliphatic heterocycles. The molecule has 0 unspecified atom stereocenters. The van der Waals surface area contributed by atoms with Crippen LogP contribution in [-0.4, -0.2) is 42.6 Å². The molecule has 1 saturated carbocycles. The lowest BCUT2D eigenvalue weighted by molar-refractivity contribution is 0.0344. The van der Waals surface area contributed by atoms with Gasteiger partial charge in [-0.3, -0.25) is 4.79 Å². The first-order valence-electron chi connectivity index (χ1n) is 8.70. The molecule has 7 nitrogen and oxygen atoms in total. The van der Waals surface area contributed by atoms with Crippen molar-refractivity contribution in [2.75, 3.05) is 17.3 Å². The number of carbonyl (C=O) groups is 1. The van der Waals surface area contributed by atoms with E-state index in [1.807, 2.05) is 0 Å². The van der Waals surface area contributed by atoms with Crippen molar-refractivity contribution in [3.8, 4) is 0 Å². The second-order valence-corrected chi connectivity index (χ2v) is 8.78. The molecule has 154 valence electrons. The average molecular weight is 427 g/mol. The molecule has 2 aliphatic rings. The molecule has 0 aromatic heterocycles. The molecule has 1 fully saturated rings. The van der Waals surface area contributed by atoms with Crippen LogP contribution in [0, 0.1) is 17.5 Å². The van der Waals surface area contributed by atoms with E-state index in [2.05, 4.69) is 10.6 Å². The highest BCUT2D eigenvalue weighted by molar-refractivity contribution is 7.89. The van der Waals surface area contributed by atoms with Crippen LogP contribution in [0.15, 0.2) is 35.2 Å². The van der Waals surface area contributed by atoms with Crippen LogP contribution in [0.1, 0.15) is 23.2 Å². The lowest BCUT2D eigenvalue weighted by Crippen LogP contribution is -2.53. The van der Waals surface area contributed by atoms with Gasteiger partial charge in [0, 0.05) is 29.4 Å². The fourth-order valence-corrected chi connectivity index (χ4v) is 5.09. The Balaban J connectivity index is 1.61. The van der Waals surface area contributed by atoms with Gasteiger partial charge in [0.2, 0.25) is 10.0 Å². The molecule has 4 rings (SSSR count). The summed E-state index contributed by atoms with van der Waals surface area (Å²) in [5, 5.41) is 14.6. The monoisotopic (exact) mass is 427 g/mol. The Kier molecular flexibility index (Phi) is 4.75. The van der Waals surface area contributed by atoms with E-state index in [-0.39, 0.29) is 28.9 Å². The SMILES string of the molecule is O=C(Nc1cc(F)c(F)c(F)c1)c1ccc2c(c1)S(=O)(=O)N(C1CC(O)C1)CN2. The molecule has 0 saturated heterocycles. The summed E-state index contributed by atoms with van der Waals surface area (Å²) in [6.07, 6.45) is 0.126. The van der Waals surface area contributed by atoms with Crippen LogP contribution < -0.4 is 10.6 Å². The second-order valence-electron chi connectivity index (χ2n) is 6.93. The number of anilines is 2. The molecule has 29 heavy (non-hydrogen) atoms. The minimum atomic E-state index is -3.90. The van der Waals surface area contributed by atoms with Crippen LogP contribution in [0.25, 0.3) is 0 Å². The van der Waals surface area contributed by atoms with Crippen LogP contribution in [-0.2, 0) is 10.0 Å². The van der Waals surface area contributed by atoms with E-state index < -0.39 is 39.5 Å². The van der Waals surface area contributed by atoms with Crippen LogP contribution in [0.5, 0.6) is 0 Å². The molecular formula is C18H16F3N3O4S. The summed E-state index contributed by atoms with van der Waals surface area (Å²) in [5.41, 5.74) is -0.0542. The normalized spacial score (nSPS) is 22.9. The number of hydrogen-bond donors (Lipinski definition) is 3. The summed E-state index contributed by atoms with van der Waals surface area (Å²) in [6.45, 7) is 0.0480. The molecule has 0 radical (unpaired) electrons. The number of amides is 1. The maximum Gasteiger partial charge on any atom is 0.255 e. The maximum atomic E-state index is 13.3. The van der Waals surface area contributed by atoms with Gasteiger partial charge in [0.25, 0.3) is 5.91 Å². The summed E-state index contributed by atoms with van der Waals surface area (Å²) >= 11 is 0. The van der Waals surface area contributed by atoms with Crippen molar-refractivity contribution in [1.82, 2.24) is 4.31 Å². The highest BCUT2D eigenvalue weighted by Gasteiger charge is 2.42. The Morgan fingerprint density at radius 1 is 1.14 bits per heavy atom. The van der Waals surface area contributed by atoms with Gasteiger partial charge >= 0.3 is 0 Å². The predicted molar refractivity (Wildman–Crippen MR) is 97.3 cm³/mol. The van der Waals surface area contributed by atoms with Crippen LogP contribution >= 0.6 is 0 Å². The van der Waals surface area contributed by atoms with E-state index in [4.69, 9.17) is 0 Å². The highest BCUT2D eigenvalue weighted by atomic mass is 32.2. The largest absolute Gasteiger partial charge is 0.393 e. The Bertz CT molecular complexity index is 1080. The van der Waals surface area contributed by atoms with Gasteiger partial charge in [0.05, 0.1) is 18.5 Å². The van der Waals surface area contributed by atoms with Gasteiger partial charge in [-0.1, -0.05) is 0 Å². The van der Waals surface area contributed by atoms with Crippen LogP contribution in [0.2, 0.25) is 0 Å². The van der Waals surface area contributed by atoms with Crippen molar-refractivity contribution >= 4 is 27.3 Å². The number of fused-ring (bicyclic) bond motifs is 1. The first kappa shape index (κ1) is 19.7. The number of aliphatic hydroxyl groups is 1. The highest BCUT2D eigenvalue weighted by Crippen LogP contribution is 2.36. The van der Waals surface area contributed by atoms with E-state index in [1.165, 1.54) is 16.4 Å². The molecule has 2 aromatic carbocycles. The number of nitrogens with one attached hydrogen (secondary N) is 2. The first-order chi connectivity index (χ1) is 13.7. The third-order valence-electron chi connectivity index (χ3n) is 4.99. The van der Waals surface area contributed by atoms with Gasteiger partial charge in [-0.05, 0) is 31.0 Å². The second kappa shape index (κ2) is 7.01. The van der Waals surface area contributed by atoms with E-state index in [9.17, 15) is 31.5 Å². The Morgan fingerprint density at radius 2 is 1.79 bits per heavy atom. The Hall–Kier alpha value is -2.63. The molecule has 1 aliphatic carbocycles. The van der Waals surface area contributed by atoms with Crippen molar-refractivity contribution in [2.45, 2.75) is 29.9 Å². The smallest absolute Gasteiger partial charge is 0.255 e. The van der Waals surface area contributed by atoms with Gasteiger partial charge in [-0.15, -0.1) is 0 Å².